The lowest BCUT2D eigenvalue weighted by Crippen LogP contribution is -2.42. The lowest BCUT2D eigenvalue weighted by Gasteiger charge is -2.36. The van der Waals surface area contributed by atoms with E-state index < -0.39 is 0 Å². The minimum absolute atomic E-state index is 0.300. The largest absolute Gasteiger partial charge is 0.366 e. The normalized spacial score (nSPS) is 23.8. The number of ether oxygens (including phenoxy) is 1. The van der Waals surface area contributed by atoms with Gasteiger partial charge in [-0.25, -0.2) is 0 Å². The van der Waals surface area contributed by atoms with Gasteiger partial charge in [-0.15, -0.1) is 0 Å². The van der Waals surface area contributed by atoms with Gasteiger partial charge in [0.15, 0.2) is 0 Å². The van der Waals surface area contributed by atoms with Gasteiger partial charge in [-0.1, -0.05) is 0 Å². The van der Waals surface area contributed by atoms with Gasteiger partial charge in [0.25, 0.3) is 0 Å². The highest BCUT2D eigenvalue weighted by Crippen LogP contribution is 2.22. The summed E-state index contributed by atoms with van der Waals surface area (Å²) >= 11 is 0. The van der Waals surface area contributed by atoms with Crippen molar-refractivity contribution in [3.05, 3.63) is 0 Å². The van der Waals surface area contributed by atoms with Crippen molar-refractivity contribution in [1.29, 1.82) is 0 Å². The fourth-order valence-corrected chi connectivity index (χ4v) is 2.14. The van der Waals surface area contributed by atoms with Crippen molar-refractivity contribution in [1.82, 2.24) is 9.80 Å². The summed E-state index contributed by atoms with van der Waals surface area (Å²) in [4.78, 5) is 4.56. The second-order valence-corrected chi connectivity index (χ2v) is 4.23. The number of hydrogen-bond acceptors (Lipinski definition) is 3. The van der Waals surface area contributed by atoms with Crippen LogP contribution < -0.4 is 0 Å². The molecule has 0 aromatic carbocycles. The van der Waals surface area contributed by atoms with Crippen LogP contribution in [0.3, 0.4) is 0 Å². The summed E-state index contributed by atoms with van der Waals surface area (Å²) in [6, 6.07) is 0. The van der Waals surface area contributed by atoms with E-state index in [4.69, 9.17) is 4.74 Å². The highest BCUT2D eigenvalue weighted by molar-refractivity contribution is 4.75. The fourth-order valence-electron chi connectivity index (χ4n) is 2.14. The van der Waals surface area contributed by atoms with Crippen molar-refractivity contribution in [2.45, 2.75) is 19.1 Å². The minimum Gasteiger partial charge on any atom is -0.366 e. The van der Waals surface area contributed by atoms with Crippen LogP contribution >= 0.6 is 0 Å². The minimum atomic E-state index is 0.300. The van der Waals surface area contributed by atoms with E-state index in [0.29, 0.717) is 12.1 Å². The number of nitrogens with zero attached hydrogens (tertiary/aromatic N) is 2. The van der Waals surface area contributed by atoms with Crippen LogP contribution in [0.15, 0.2) is 0 Å². The molecule has 3 nitrogen and oxygen atoms in total. The Hall–Kier alpha value is -0.120. The summed E-state index contributed by atoms with van der Waals surface area (Å²) in [7, 11) is 8.18. The Kier molecular flexibility index (Phi) is 4.16. The molecule has 0 bridgehead atoms. The molecular weight excluding hydrogens is 164 g/mol. The molecule has 1 unspecified atom stereocenters. The third-order valence-electron chi connectivity index (χ3n) is 2.92. The van der Waals surface area contributed by atoms with Crippen LogP contribution in [0.2, 0.25) is 0 Å². The number of rotatable bonds is 3. The first-order valence-corrected chi connectivity index (χ1v) is 5.03. The van der Waals surface area contributed by atoms with Gasteiger partial charge < -0.3 is 9.64 Å². The molecule has 0 radical (unpaired) electrons. The average molecular weight is 186 g/mol. The second kappa shape index (κ2) is 4.94. The van der Waals surface area contributed by atoms with Gasteiger partial charge in [-0.2, -0.15) is 0 Å². The number of piperidine rings is 1. The standard InChI is InChI=1S/C10H22N2O/c1-11(2)10(13-4)9-5-7-12(3)8-6-9/h9-10H,5-8H2,1-4H3. The van der Waals surface area contributed by atoms with Crippen LogP contribution in [0.4, 0.5) is 0 Å². The highest BCUT2D eigenvalue weighted by Gasteiger charge is 2.26. The topological polar surface area (TPSA) is 15.7 Å². The average Bonchev–Trinajstić information content (AvgIpc) is 2.09. The molecule has 0 spiro atoms. The van der Waals surface area contributed by atoms with E-state index >= 15 is 0 Å². The maximum absolute atomic E-state index is 5.49. The molecule has 13 heavy (non-hydrogen) atoms. The van der Waals surface area contributed by atoms with Crippen LogP contribution in [0.5, 0.6) is 0 Å². The second-order valence-electron chi connectivity index (χ2n) is 4.23. The van der Waals surface area contributed by atoms with E-state index in [1.807, 2.05) is 7.11 Å². The maximum atomic E-state index is 5.49. The lowest BCUT2D eigenvalue weighted by molar-refractivity contribution is -0.0612. The maximum Gasteiger partial charge on any atom is 0.112 e. The van der Waals surface area contributed by atoms with Crippen molar-refractivity contribution >= 4 is 0 Å². The van der Waals surface area contributed by atoms with E-state index in [9.17, 15) is 0 Å². The van der Waals surface area contributed by atoms with Crippen LogP contribution in [-0.4, -0.2) is 57.4 Å². The predicted molar refractivity (Wildman–Crippen MR) is 54.7 cm³/mol. The molecule has 1 fully saturated rings. The molecule has 0 saturated carbocycles. The molecular formula is C10H22N2O. The van der Waals surface area contributed by atoms with Gasteiger partial charge >= 0.3 is 0 Å². The summed E-state index contributed by atoms with van der Waals surface area (Å²) in [6.45, 7) is 2.41. The van der Waals surface area contributed by atoms with Crippen LogP contribution in [0, 0.1) is 5.92 Å². The lowest BCUT2D eigenvalue weighted by atomic mass is 9.95. The van der Waals surface area contributed by atoms with Crippen LogP contribution in [0.25, 0.3) is 0 Å². The molecule has 1 saturated heterocycles. The van der Waals surface area contributed by atoms with Crippen LogP contribution in [-0.2, 0) is 4.74 Å². The summed E-state index contributed by atoms with van der Waals surface area (Å²) in [6.07, 6.45) is 2.81. The summed E-state index contributed by atoms with van der Waals surface area (Å²) in [5.41, 5.74) is 0. The zero-order chi connectivity index (χ0) is 9.84. The zero-order valence-electron chi connectivity index (χ0n) is 9.29. The third kappa shape index (κ3) is 2.93. The molecule has 78 valence electrons. The molecule has 1 heterocycles. The summed E-state index contributed by atoms with van der Waals surface area (Å²) in [5, 5.41) is 0. The van der Waals surface area contributed by atoms with Crippen molar-refractivity contribution < 1.29 is 4.74 Å². The zero-order valence-corrected chi connectivity index (χ0v) is 9.29. The van der Waals surface area contributed by atoms with Gasteiger partial charge in [0.2, 0.25) is 0 Å². The first-order chi connectivity index (χ1) is 6.15. The predicted octanol–water partition coefficient (Wildman–Crippen LogP) is 0.862. The summed E-state index contributed by atoms with van der Waals surface area (Å²) < 4.78 is 5.49. The molecule has 0 N–H and O–H groups in total. The third-order valence-corrected chi connectivity index (χ3v) is 2.92. The van der Waals surface area contributed by atoms with E-state index in [1.165, 1.54) is 25.9 Å². The Bertz CT molecular complexity index is 142. The molecule has 1 aliphatic heterocycles. The monoisotopic (exact) mass is 186 g/mol. The van der Waals surface area contributed by atoms with Crippen molar-refractivity contribution in [2.24, 2.45) is 5.92 Å². The molecule has 3 heteroatoms. The smallest absolute Gasteiger partial charge is 0.112 e. The van der Waals surface area contributed by atoms with E-state index in [-0.39, 0.29) is 0 Å². The Morgan fingerprint density at radius 2 is 1.85 bits per heavy atom. The SMILES string of the molecule is COC(C1CCN(C)CC1)N(C)C. The number of methoxy groups -OCH3 is 1. The molecule has 1 rings (SSSR count). The molecule has 1 atom stereocenters. The summed E-state index contributed by atoms with van der Waals surface area (Å²) in [5.74, 6) is 0.705. The van der Waals surface area contributed by atoms with Gasteiger partial charge in [-0.05, 0) is 47.1 Å². The van der Waals surface area contributed by atoms with Gasteiger partial charge in [-0.3, -0.25) is 4.90 Å². The Labute approximate surface area is 81.7 Å². The van der Waals surface area contributed by atoms with Gasteiger partial charge in [0.05, 0.1) is 0 Å². The van der Waals surface area contributed by atoms with E-state index in [1.54, 1.807) is 0 Å². The van der Waals surface area contributed by atoms with Gasteiger partial charge in [0, 0.05) is 13.0 Å². The van der Waals surface area contributed by atoms with Crippen LogP contribution in [0.1, 0.15) is 12.8 Å². The Morgan fingerprint density at radius 3 is 2.23 bits per heavy atom. The molecule has 0 aromatic rings. The van der Waals surface area contributed by atoms with E-state index in [2.05, 4.69) is 30.9 Å². The van der Waals surface area contributed by atoms with E-state index in [0.717, 1.165) is 0 Å². The Morgan fingerprint density at radius 1 is 1.31 bits per heavy atom. The number of likely N-dealkylation sites (tertiary alicyclic amines) is 1. The fraction of sp³-hybridized carbons (Fsp3) is 1.00. The van der Waals surface area contributed by atoms with Gasteiger partial charge in [0.1, 0.15) is 6.23 Å². The van der Waals surface area contributed by atoms with Crippen molar-refractivity contribution in [3.8, 4) is 0 Å². The van der Waals surface area contributed by atoms with Crippen molar-refractivity contribution in [3.63, 3.8) is 0 Å². The molecule has 0 amide bonds. The first kappa shape index (κ1) is 11.0. The molecule has 0 aliphatic carbocycles. The first-order valence-electron chi connectivity index (χ1n) is 5.03. The highest BCUT2D eigenvalue weighted by atomic mass is 16.5. The quantitative estimate of drug-likeness (QED) is 0.608. The van der Waals surface area contributed by atoms with Crippen molar-refractivity contribution in [2.75, 3.05) is 41.3 Å². The molecule has 0 aromatic heterocycles. The number of hydrogen-bond donors (Lipinski definition) is 0. The molecule has 1 aliphatic rings. The Balaban J connectivity index is 2.41.